The molecule has 6 nitrogen and oxygen atoms in total. The number of nitrogens with zero attached hydrogens (tertiary/aromatic N) is 1. The van der Waals surface area contributed by atoms with Crippen molar-refractivity contribution in [2.75, 3.05) is 13.1 Å². The molecule has 0 unspecified atom stereocenters. The lowest BCUT2D eigenvalue weighted by molar-refractivity contribution is -0.125. The van der Waals surface area contributed by atoms with Gasteiger partial charge in [-0.15, -0.1) is 11.3 Å². The van der Waals surface area contributed by atoms with E-state index in [1.54, 1.807) is 17.0 Å². The van der Waals surface area contributed by atoms with Gasteiger partial charge in [0.15, 0.2) is 0 Å². The number of carbonyl (C=O) groups is 3. The van der Waals surface area contributed by atoms with Gasteiger partial charge >= 0.3 is 0 Å². The SMILES string of the molecule is CC[C@H](C)NC(=O)[C@@H](NC(=O)c1ccccc1F)C1CCN(C(=O)c2cccs2)CC1. The molecule has 0 spiro atoms. The van der Waals surface area contributed by atoms with Crippen LogP contribution in [0.15, 0.2) is 41.8 Å². The molecule has 1 aromatic heterocycles. The topological polar surface area (TPSA) is 78.5 Å². The number of nitrogens with one attached hydrogen (secondary N) is 2. The smallest absolute Gasteiger partial charge is 0.263 e. The zero-order valence-corrected chi connectivity index (χ0v) is 18.6. The molecule has 2 heterocycles. The van der Waals surface area contributed by atoms with Gasteiger partial charge in [0, 0.05) is 19.1 Å². The van der Waals surface area contributed by atoms with Crippen LogP contribution in [0.3, 0.4) is 0 Å². The molecule has 1 aliphatic rings. The number of hydrogen-bond acceptors (Lipinski definition) is 4. The average Bonchev–Trinajstić information content (AvgIpc) is 3.32. The molecule has 166 valence electrons. The van der Waals surface area contributed by atoms with Gasteiger partial charge in [-0.2, -0.15) is 0 Å². The molecule has 8 heteroatoms. The van der Waals surface area contributed by atoms with Gasteiger partial charge < -0.3 is 15.5 Å². The van der Waals surface area contributed by atoms with Crippen LogP contribution < -0.4 is 10.6 Å². The summed E-state index contributed by atoms with van der Waals surface area (Å²) in [5.41, 5.74) is -0.0888. The van der Waals surface area contributed by atoms with Crippen LogP contribution in [-0.2, 0) is 4.79 Å². The van der Waals surface area contributed by atoms with Gasteiger partial charge in [-0.25, -0.2) is 4.39 Å². The van der Waals surface area contributed by atoms with Crippen LogP contribution in [0, 0.1) is 11.7 Å². The summed E-state index contributed by atoms with van der Waals surface area (Å²) in [4.78, 5) is 40.8. The number of benzene rings is 1. The van der Waals surface area contributed by atoms with E-state index in [4.69, 9.17) is 0 Å². The first-order chi connectivity index (χ1) is 14.9. The van der Waals surface area contributed by atoms with E-state index in [1.807, 2.05) is 25.3 Å². The molecule has 31 heavy (non-hydrogen) atoms. The third-order valence-corrected chi connectivity index (χ3v) is 6.58. The van der Waals surface area contributed by atoms with Crippen LogP contribution in [-0.4, -0.2) is 47.8 Å². The van der Waals surface area contributed by atoms with E-state index in [0.29, 0.717) is 30.8 Å². The van der Waals surface area contributed by atoms with Crippen LogP contribution >= 0.6 is 11.3 Å². The van der Waals surface area contributed by atoms with Crippen molar-refractivity contribution in [2.45, 2.75) is 45.2 Å². The average molecular weight is 446 g/mol. The van der Waals surface area contributed by atoms with Crippen LogP contribution in [0.4, 0.5) is 4.39 Å². The maximum atomic E-state index is 14.1. The van der Waals surface area contributed by atoms with Gasteiger partial charge in [0.1, 0.15) is 11.9 Å². The van der Waals surface area contributed by atoms with Crippen molar-refractivity contribution in [2.24, 2.45) is 5.92 Å². The van der Waals surface area contributed by atoms with Gasteiger partial charge in [0.25, 0.3) is 11.8 Å². The molecule has 0 aliphatic carbocycles. The van der Waals surface area contributed by atoms with Crippen LogP contribution in [0.2, 0.25) is 0 Å². The number of thiophene rings is 1. The molecule has 1 fully saturated rings. The summed E-state index contributed by atoms with van der Waals surface area (Å²) >= 11 is 1.41. The van der Waals surface area contributed by atoms with Gasteiger partial charge in [0.2, 0.25) is 5.91 Å². The second-order valence-corrected chi connectivity index (χ2v) is 8.80. The Morgan fingerprint density at radius 3 is 2.45 bits per heavy atom. The predicted octanol–water partition coefficient (Wildman–Crippen LogP) is 3.45. The Balaban J connectivity index is 1.71. The lowest BCUT2D eigenvalue weighted by Crippen LogP contribution is -2.55. The second-order valence-electron chi connectivity index (χ2n) is 7.86. The Morgan fingerprint density at radius 2 is 1.84 bits per heavy atom. The summed E-state index contributed by atoms with van der Waals surface area (Å²) in [5.74, 6) is -1.67. The Bertz CT molecular complexity index is 911. The number of piperidine rings is 1. The number of hydrogen-bond donors (Lipinski definition) is 2. The normalized spacial score (nSPS) is 16.4. The highest BCUT2D eigenvalue weighted by molar-refractivity contribution is 7.12. The summed E-state index contributed by atoms with van der Waals surface area (Å²) in [6, 6.07) is 8.53. The van der Waals surface area contributed by atoms with E-state index in [-0.39, 0.29) is 29.3 Å². The van der Waals surface area contributed by atoms with Crippen molar-refractivity contribution < 1.29 is 18.8 Å². The van der Waals surface area contributed by atoms with E-state index in [2.05, 4.69) is 10.6 Å². The third-order valence-electron chi connectivity index (χ3n) is 5.72. The molecule has 2 atom stereocenters. The molecule has 1 aliphatic heterocycles. The Morgan fingerprint density at radius 1 is 1.13 bits per heavy atom. The van der Waals surface area contributed by atoms with Gasteiger partial charge in [-0.3, -0.25) is 14.4 Å². The standard InChI is InChI=1S/C23H28FN3O3S/c1-3-15(2)25-22(29)20(26-21(28)17-7-4-5-8-18(17)24)16-10-12-27(13-11-16)23(30)19-9-6-14-31-19/h4-9,14-16,20H,3,10-13H2,1-2H3,(H,25,29)(H,26,28)/t15-,20-/m0/s1. The lowest BCUT2D eigenvalue weighted by Gasteiger charge is -2.36. The highest BCUT2D eigenvalue weighted by Gasteiger charge is 2.35. The Kier molecular flexibility index (Phi) is 7.79. The quantitative estimate of drug-likeness (QED) is 0.685. The predicted molar refractivity (Wildman–Crippen MR) is 118 cm³/mol. The monoisotopic (exact) mass is 445 g/mol. The van der Waals surface area contributed by atoms with E-state index >= 15 is 0 Å². The minimum absolute atomic E-state index is 0.00977. The molecular formula is C23H28FN3O3S. The van der Waals surface area contributed by atoms with E-state index in [9.17, 15) is 18.8 Å². The molecule has 0 bridgehead atoms. The summed E-state index contributed by atoms with van der Waals surface area (Å²) in [6.45, 7) is 4.87. The summed E-state index contributed by atoms with van der Waals surface area (Å²) in [7, 11) is 0. The fourth-order valence-electron chi connectivity index (χ4n) is 3.69. The maximum Gasteiger partial charge on any atom is 0.263 e. The summed E-state index contributed by atoms with van der Waals surface area (Å²) < 4.78 is 14.1. The molecule has 1 saturated heterocycles. The Hall–Kier alpha value is -2.74. The largest absolute Gasteiger partial charge is 0.352 e. The lowest BCUT2D eigenvalue weighted by atomic mass is 9.88. The van der Waals surface area contributed by atoms with Gasteiger partial charge in [-0.05, 0) is 55.7 Å². The minimum atomic E-state index is -0.792. The Labute approximate surface area is 185 Å². The van der Waals surface area contributed by atoms with Gasteiger partial charge in [-0.1, -0.05) is 25.1 Å². The third kappa shape index (κ3) is 5.70. The maximum absolute atomic E-state index is 14.1. The first-order valence-corrected chi connectivity index (χ1v) is 11.5. The number of likely N-dealkylation sites (tertiary alicyclic amines) is 1. The number of halogens is 1. The minimum Gasteiger partial charge on any atom is -0.352 e. The zero-order chi connectivity index (χ0) is 22.4. The molecule has 3 amide bonds. The first kappa shape index (κ1) is 22.9. The van der Waals surface area contributed by atoms with Crippen molar-refractivity contribution in [1.82, 2.24) is 15.5 Å². The van der Waals surface area contributed by atoms with Crippen molar-refractivity contribution in [3.05, 3.63) is 58.0 Å². The van der Waals surface area contributed by atoms with E-state index in [1.165, 1.54) is 29.5 Å². The van der Waals surface area contributed by atoms with E-state index < -0.39 is 17.8 Å². The molecule has 2 N–H and O–H groups in total. The van der Waals surface area contributed by atoms with Crippen molar-refractivity contribution in [3.63, 3.8) is 0 Å². The number of amides is 3. The fourth-order valence-corrected chi connectivity index (χ4v) is 4.38. The van der Waals surface area contributed by atoms with Crippen LogP contribution in [0.1, 0.15) is 53.1 Å². The van der Waals surface area contributed by atoms with Crippen molar-refractivity contribution in [1.29, 1.82) is 0 Å². The fraction of sp³-hybridized carbons (Fsp3) is 0.435. The first-order valence-electron chi connectivity index (χ1n) is 10.6. The van der Waals surface area contributed by atoms with Gasteiger partial charge in [0.05, 0.1) is 10.4 Å². The second kappa shape index (κ2) is 10.5. The van der Waals surface area contributed by atoms with Crippen molar-refractivity contribution in [3.8, 4) is 0 Å². The highest BCUT2D eigenvalue weighted by atomic mass is 32.1. The number of carbonyl (C=O) groups excluding carboxylic acids is 3. The molecule has 1 aromatic carbocycles. The molecule has 0 saturated carbocycles. The molecular weight excluding hydrogens is 417 g/mol. The van der Waals surface area contributed by atoms with E-state index in [0.717, 1.165) is 6.42 Å². The highest BCUT2D eigenvalue weighted by Crippen LogP contribution is 2.24. The van der Waals surface area contributed by atoms with Crippen LogP contribution in [0.25, 0.3) is 0 Å². The molecule has 0 radical (unpaired) electrons. The van der Waals surface area contributed by atoms with Crippen LogP contribution in [0.5, 0.6) is 0 Å². The summed E-state index contributed by atoms with van der Waals surface area (Å²) in [5, 5.41) is 7.55. The number of rotatable bonds is 7. The summed E-state index contributed by atoms with van der Waals surface area (Å²) in [6.07, 6.45) is 1.91. The molecule has 3 rings (SSSR count). The zero-order valence-electron chi connectivity index (χ0n) is 17.8. The van der Waals surface area contributed by atoms with Crippen molar-refractivity contribution >= 4 is 29.1 Å². The molecule has 2 aromatic rings.